The molecular weight excluding hydrogens is 354 g/mol. The minimum Gasteiger partial charge on any atom is -0.338 e. The van der Waals surface area contributed by atoms with Crippen molar-refractivity contribution < 1.29 is 13.6 Å². The minimum atomic E-state index is -0.876. The molecule has 1 aliphatic rings. The zero-order valence-electron chi connectivity index (χ0n) is 14.3. The fraction of sp³-hybridized carbons (Fsp3) is 0.263. The van der Waals surface area contributed by atoms with E-state index in [0.29, 0.717) is 42.9 Å². The molecule has 8 heteroatoms. The molecule has 27 heavy (non-hydrogen) atoms. The number of likely N-dealkylation sites (tertiary alicyclic amines) is 1. The zero-order chi connectivity index (χ0) is 19.0. The normalized spacial score (nSPS) is 15.3. The highest BCUT2D eigenvalue weighted by atomic mass is 19.1. The molecule has 0 bridgehead atoms. The van der Waals surface area contributed by atoms with E-state index in [1.54, 1.807) is 24.3 Å². The molecule has 138 valence electrons. The zero-order valence-corrected chi connectivity index (χ0v) is 14.3. The fourth-order valence-electron chi connectivity index (χ4n) is 3.39. The monoisotopic (exact) mass is 370 g/mol. The van der Waals surface area contributed by atoms with Gasteiger partial charge in [0.1, 0.15) is 17.2 Å². The summed E-state index contributed by atoms with van der Waals surface area (Å²) in [6.07, 6.45) is 1.00. The Hall–Kier alpha value is -3.16. The maximum Gasteiger partial charge on any atom is 0.277 e. The molecule has 1 fully saturated rings. The Morgan fingerprint density at radius 2 is 1.81 bits per heavy atom. The molecule has 3 aromatic rings. The van der Waals surface area contributed by atoms with E-state index >= 15 is 0 Å². The molecule has 0 N–H and O–H groups in total. The van der Waals surface area contributed by atoms with Gasteiger partial charge in [0, 0.05) is 19.2 Å². The first-order chi connectivity index (χ1) is 13.0. The van der Waals surface area contributed by atoms with Crippen molar-refractivity contribution in [3.63, 3.8) is 0 Å². The fourth-order valence-corrected chi connectivity index (χ4v) is 3.39. The van der Waals surface area contributed by atoms with E-state index in [9.17, 15) is 18.4 Å². The Morgan fingerprint density at radius 1 is 1.07 bits per heavy atom. The number of fused-ring (bicyclic) bond motifs is 1. The highest BCUT2D eigenvalue weighted by molar-refractivity contribution is 5.94. The molecule has 0 atom stereocenters. The Bertz CT molecular complexity index is 1070. The van der Waals surface area contributed by atoms with Crippen LogP contribution >= 0.6 is 0 Å². The molecule has 1 amide bonds. The number of hydrogen-bond acceptors (Lipinski definition) is 4. The van der Waals surface area contributed by atoms with E-state index in [4.69, 9.17) is 0 Å². The molecule has 4 rings (SSSR count). The summed E-state index contributed by atoms with van der Waals surface area (Å²) in [5, 5.41) is 8.62. The van der Waals surface area contributed by atoms with Crippen LogP contribution in [-0.4, -0.2) is 38.9 Å². The van der Waals surface area contributed by atoms with Crippen molar-refractivity contribution in [2.75, 3.05) is 13.1 Å². The average molecular weight is 370 g/mol. The number of carbonyl (C=O) groups excluding carboxylic acids is 1. The third-order valence-electron chi connectivity index (χ3n) is 4.85. The largest absolute Gasteiger partial charge is 0.338 e. The molecule has 2 heterocycles. The van der Waals surface area contributed by atoms with Gasteiger partial charge in [0.25, 0.3) is 11.5 Å². The molecule has 0 radical (unpaired) electrons. The topological polar surface area (TPSA) is 68.1 Å². The molecule has 0 spiro atoms. The van der Waals surface area contributed by atoms with E-state index in [1.165, 1.54) is 9.58 Å². The van der Waals surface area contributed by atoms with Gasteiger partial charge in [-0.25, -0.2) is 13.5 Å². The molecule has 1 aromatic heterocycles. The van der Waals surface area contributed by atoms with Gasteiger partial charge in [-0.3, -0.25) is 9.59 Å². The summed E-state index contributed by atoms with van der Waals surface area (Å²) in [6, 6.07) is 9.73. The van der Waals surface area contributed by atoms with Crippen LogP contribution in [0.3, 0.4) is 0 Å². The second-order valence-corrected chi connectivity index (χ2v) is 6.50. The Balaban J connectivity index is 1.51. The van der Waals surface area contributed by atoms with Gasteiger partial charge in [-0.15, -0.1) is 5.10 Å². The Kier molecular flexibility index (Phi) is 4.39. The van der Waals surface area contributed by atoms with E-state index in [1.807, 2.05) is 0 Å². The van der Waals surface area contributed by atoms with Crippen molar-refractivity contribution in [1.82, 2.24) is 19.9 Å². The number of amides is 1. The van der Waals surface area contributed by atoms with E-state index < -0.39 is 17.5 Å². The molecule has 0 aliphatic carbocycles. The van der Waals surface area contributed by atoms with Gasteiger partial charge in [-0.1, -0.05) is 17.3 Å². The number of halogens is 2. The van der Waals surface area contributed by atoms with Gasteiger partial charge < -0.3 is 4.90 Å². The maximum absolute atomic E-state index is 13.8. The number of carbonyl (C=O) groups is 1. The van der Waals surface area contributed by atoms with Crippen LogP contribution in [0.4, 0.5) is 8.78 Å². The third-order valence-corrected chi connectivity index (χ3v) is 4.85. The highest BCUT2D eigenvalue weighted by Crippen LogP contribution is 2.23. The Labute approximate surface area is 153 Å². The molecule has 6 nitrogen and oxygen atoms in total. The van der Waals surface area contributed by atoms with Crippen LogP contribution in [0.1, 0.15) is 29.2 Å². The van der Waals surface area contributed by atoms with Crippen LogP contribution in [-0.2, 0) is 0 Å². The molecule has 2 aromatic carbocycles. The summed E-state index contributed by atoms with van der Waals surface area (Å²) < 4.78 is 28.2. The van der Waals surface area contributed by atoms with Gasteiger partial charge >= 0.3 is 0 Å². The van der Waals surface area contributed by atoms with Crippen LogP contribution in [0.5, 0.6) is 0 Å². The van der Waals surface area contributed by atoms with Crippen molar-refractivity contribution in [2.45, 2.75) is 18.9 Å². The summed E-state index contributed by atoms with van der Waals surface area (Å²) in [7, 11) is 0. The summed E-state index contributed by atoms with van der Waals surface area (Å²) >= 11 is 0. The van der Waals surface area contributed by atoms with Gasteiger partial charge in [0.05, 0.1) is 17.0 Å². The lowest BCUT2D eigenvalue weighted by Crippen LogP contribution is -2.41. The predicted octanol–water partition coefficient (Wildman–Crippen LogP) is 2.55. The molecule has 1 saturated heterocycles. The Morgan fingerprint density at radius 3 is 2.56 bits per heavy atom. The molecule has 1 aliphatic heterocycles. The van der Waals surface area contributed by atoms with Crippen molar-refractivity contribution in [1.29, 1.82) is 0 Å². The average Bonchev–Trinajstić information content (AvgIpc) is 2.68. The first-order valence-electron chi connectivity index (χ1n) is 8.63. The first kappa shape index (κ1) is 17.3. The highest BCUT2D eigenvalue weighted by Gasteiger charge is 2.27. The molecular formula is C19H16F2N4O2. The predicted molar refractivity (Wildman–Crippen MR) is 94.3 cm³/mol. The smallest absolute Gasteiger partial charge is 0.277 e. The second kappa shape index (κ2) is 6.86. The molecule has 0 unspecified atom stereocenters. The van der Waals surface area contributed by atoms with E-state index in [0.717, 1.165) is 12.1 Å². The standard InChI is InChI=1S/C19H16F2N4O2/c20-12-5-6-14(16(21)11-12)18(26)24-9-7-13(8-10-24)25-19(27)15-3-1-2-4-17(15)22-23-25/h1-6,11,13H,7-10H2. The summed E-state index contributed by atoms with van der Waals surface area (Å²) in [4.78, 5) is 26.6. The number of nitrogens with zero attached hydrogens (tertiary/aromatic N) is 4. The van der Waals surface area contributed by atoms with Crippen molar-refractivity contribution >= 4 is 16.8 Å². The van der Waals surface area contributed by atoms with Gasteiger partial charge in [-0.2, -0.15) is 0 Å². The van der Waals surface area contributed by atoms with Crippen molar-refractivity contribution in [3.05, 3.63) is 70.0 Å². The number of hydrogen-bond donors (Lipinski definition) is 0. The number of rotatable bonds is 2. The van der Waals surface area contributed by atoms with E-state index in [2.05, 4.69) is 10.3 Å². The summed E-state index contributed by atoms with van der Waals surface area (Å²) in [6.45, 7) is 0.697. The van der Waals surface area contributed by atoms with Crippen molar-refractivity contribution in [2.24, 2.45) is 0 Å². The summed E-state index contributed by atoms with van der Waals surface area (Å²) in [5.41, 5.74) is 0.172. The van der Waals surface area contributed by atoms with E-state index in [-0.39, 0.29) is 17.2 Å². The first-order valence-corrected chi connectivity index (χ1v) is 8.63. The van der Waals surface area contributed by atoms with Crippen LogP contribution in [0.25, 0.3) is 10.9 Å². The summed E-state index contributed by atoms with van der Waals surface area (Å²) in [5.74, 6) is -2.08. The lowest BCUT2D eigenvalue weighted by molar-refractivity contribution is 0.0682. The SMILES string of the molecule is O=C(c1ccc(F)cc1F)N1CCC(n2nnc3ccccc3c2=O)CC1. The van der Waals surface area contributed by atoms with Crippen LogP contribution in [0.2, 0.25) is 0 Å². The van der Waals surface area contributed by atoms with Crippen LogP contribution in [0.15, 0.2) is 47.3 Å². The minimum absolute atomic E-state index is 0.155. The lowest BCUT2D eigenvalue weighted by Gasteiger charge is -2.32. The van der Waals surface area contributed by atoms with Gasteiger partial charge in [0.2, 0.25) is 0 Å². The maximum atomic E-state index is 13.8. The van der Waals surface area contributed by atoms with Gasteiger partial charge in [0.15, 0.2) is 0 Å². The van der Waals surface area contributed by atoms with Crippen LogP contribution in [0, 0.1) is 11.6 Å². The molecule has 0 saturated carbocycles. The number of benzene rings is 2. The number of piperidine rings is 1. The third kappa shape index (κ3) is 3.18. The van der Waals surface area contributed by atoms with Crippen molar-refractivity contribution in [3.8, 4) is 0 Å². The van der Waals surface area contributed by atoms with Crippen LogP contribution < -0.4 is 5.56 Å². The quantitative estimate of drug-likeness (QED) is 0.695. The van der Waals surface area contributed by atoms with Gasteiger partial charge in [-0.05, 0) is 37.1 Å². The lowest BCUT2D eigenvalue weighted by atomic mass is 10.0. The number of aromatic nitrogens is 3. The second-order valence-electron chi connectivity index (χ2n) is 6.50.